The highest BCUT2D eigenvalue weighted by molar-refractivity contribution is 6.32. The summed E-state index contributed by atoms with van der Waals surface area (Å²) in [5.74, 6) is -0.406. The smallest absolute Gasteiger partial charge is 0.341 e. The summed E-state index contributed by atoms with van der Waals surface area (Å²) in [6.07, 6.45) is 0. The van der Waals surface area contributed by atoms with Crippen LogP contribution in [-0.4, -0.2) is 11.0 Å². The molecule has 0 N–H and O–H groups in total. The monoisotopic (exact) mass is 314 g/mol. The Hall–Kier alpha value is -2.40. The van der Waals surface area contributed by atoms with E-state index in [1.54, 1.807) is 25.1 Å². The minimum atomic E-state index is -0.406. The van der Waals surface area contributed by atoms with Gasteiger partial charge < -0.3 is 9.94 Å². The van der Waals surface area contributed by atoms with E-state index < -0.39 is 5.97 Å². The lowest BCUT2D eigenvalue weighted by Crippen LogP contribution is -2.31. The highest BCUT2D eigenvalue weighted by atomic mass is 35.5. The van der Waals surface area contributed by atoms with Gasteiger partial charge in [0.2, 0.25) is 5.52 Å². The van der Waals surface area contributed by atoms with Gasteiger partial charge in [0, 0.05) is 23.4 Å². The number of hydrogen-bond acceptors (Lipinski definition) is 4. The van der Waals surface area contributed by atoms with E-state index in [1.165, 1.54) is 0 Å². The first-order chi connectivity index (χ1) is 10.5. The summed E-state index contributed by atoms with van der Waals surface area (Å²) >= 11 is 6.10. The molecule has 0 unspecified atom stereocenters. The van der Waals surface area contributed by atoms with Gasteiger partial charge in [0.1, 0.15) is 6.61 Å². The van der Waals surface area contributed by atoms with Crippen LogP contribution in [0.5, 0.6) is 0 Å². The number of carbonyl (C=O) groups excluding carboxylic acids is 1. The first kappa shape index (κ1) is 13.3. The van der Waals surface area contributed by atoms with Gasteiger partial charge in [0.15, 0.2) is 5.69 Å². The summed E-state index contributed by atoms with van der Waals surface area (Å²) in [4.78, 5) is 16.6. The minimum Gasteiger partial charge on any atom is -0.618 e. The number of nitrogens with zero attached hydrogens (tertiary/aromatic N) is 2. The quantitative estimate of drug-likeness (QED) is 0.277. The number of hydrogen-bond donors (Lipinski definition) is 0. The Balaban J connectivity index is 2.39. The molecule has 1 aliphatic heterocycles. The molecule has 1 aromatic carbocycles. The molecule has 1 aliphatic rings. The van der Waals surface area contributed by atoms with Crippen molar-refractivity contribution in [1.82, 2.24) is 4.98 Å². The molecule has 0 amide bonds. The first-order valence-corrected chi connectivity index (χ1v) is 7.18. The van der Waals surface area contributed by atoms with Crippen LogP contribution in [0.1, 0.15) is 27.4 Å². The summed E-state index contributed by atoms with van der Waals surface area (Å²) in [5.41, 5.74) is 2.74. The second-order valence-corrected chi connectivity index (χ2v) is 5.82. The number of ether oxygens (including phenoxy) is 1. The maximum Gasteiger partial charge on any atom is 0.341 e. The molecule has 0 aliphatic carbocycles. The van der Waals surface area contributed by atoms with Gasteiger partial charge in [-0.3, -0.25) is 4.98 Å². The average molecular weight is 315 g/mol. The Morgan fingerprint density at radius 1 is 1.32 bits per heavy atom. The summed E-state index contributed by atoms with van der Waals surface area (Å²) < 4.78 is 5.97. The van der Waals surface area contributed by atoms with E-state index in [1.807, 2.05) is 6.92 Å². The van der Waals surface area contributed by atoms with Gasteiger partial charge in [-0.05, 0) is 19.1 Å². The van der Waals surface area contributed by atoms with Crippen LogP contribution in [0.25, 0.3) is 21.7 Å². The van der Waals surface area contributed by atoms with Crippen LogP contribution >= 0.6 is 11.6 Å². The van der Waals surface area contributed by atoms with Crippen molar-refractivity contribution in [2.45, 2.75) is 20.5 Å². The van der Waals surface area contributed by atoms with Crippen molar-refractivity contribution in [3.63, 3.8) is 0 Å². The predicted molar refractivity (Wildman–Crippen MR) is 81.8 cm³/mol. The zero-order chi connectivity index (χ0) is 15.6. The molecule has 6 heteroatoms. The van der Waals surface area contributed by atoms with E-state index >= 15 is 0 Å². The molecular weight excluding hydrogens is 304 g/mol. The van der Waals surface area contributed by atoms with E-state index in [0.717, 1.165) is 4.73 Å². The van der Waals surface area contributed by atoms with Crippen molar-refractivity contribution in [3.05, 3.63) is 51.1 Å². The molecular formula is C16H11ClN2O3. The highest BCUT2D eigenvalue weighted by Crippen LogP contribution is 2.35. The number of carbonyl (C=O) groups is 1. The third-order valence-electron chi connectivity index (χ3n) is 4.11. The van der Waals surface area contributed by atoms with Crippen LogP contribution < -0.4 is 4.73 Å². The predicted octanol–water partition coefficient (Wildman–Crippen LogP) is 2.96. The number of aromatic nitrogens is 2. The van der Waals surface area contributed by atoms with Crippen molar-refractivity contribution >= 4 is 39.2 Å². The molecule has 0 radical (unpaired) electrons. The van der Waals surface area contributed by atoms with Crippen molar-refractivity contribution in [2.24, 2.45) is 0 Å². The molecule has 0 spiro atoms. The molecule has 3 aromatic rings. The van der Waals surface area contributed by atoms with Crippen molar-refractivity contribution in [2.75, 3.05) is 0 Å². The first-order valence-electron chi connectivity index (χ1n) is 6.80. The van der Waals surface area contributed by atoms with E-state index in [4.69, 9.17) is 16.3 Å². The minimum absolute atomic E-state index is 0.165. The van der Waals surface area contributed by atoms with Gasteiger partial charge in [-0.2, -0.15) is 4.73 Å². The van der Waals surface area contributed by atoms with Crippen molar-refractivity contribution in [1.29, 1.82) is 0 Å². The van der Waals surface area contributed by atoms with Gasteiger partial charge in [-0.1, -0.05) is 11.6 Å². The molecule has 4 rings (SSSR count). The number of benzene rings is 1. The van der Waals surface area contributed by atoms with E-state index in [2.05, 4.69) is 4.98 Å². The van der Waals surface area contributed by atoms with E-state index in [-0.39, 0.29) is 6.61 Å². The van der Waals surface area contributed by atoms with Gasteiger partial charge >= 0.3 is 5.97 Å². The Morgan fingerprint density at radius 2 is 2.09 bits per heavy atom. The fourth-order valence-electron chi connectivity index (χ4n) is 3.17. The number of halogens is 1. The molecule has 5 nitrogen and oxygen atoms in total. The SMILES string of the molecule is Cc1nc2c(c3c1c(C)[n+]([O-])c1ccc(Cl)cc31)C(=O)OC2. The standard InChI is InChI=1S/C16H11ClN2O3/c1-7-13-8(2)19(21)12-4-3-9(17)5-10(12)14(13)15-11(18-7)6-22-16(15)20/h3-5H,6H2,1-2H3. The fraction of sp³-hybridized carbons (Fsp3) is 0.188. The number of cyclic esters (lactones) is 1. The van der Waals surface area contributed by atoms with Crippen LogP contribution in [0.3, 0.4) is 0 Å². The number of aryl methyl sites for hydroxylation is 2. The number of fused-ring (bicyclic) bond motifs is 5. The Morgan fingerprint density at radius 3 is 2.86 bits per heavy atom. The second-order valence-electron chi connectivity index (χ2n) is 5.39. The average Bonchev–Trinajstić information content (AvgIpc) is 2.84. The normalized spacial score (nSPS) is 13.7. The zero-order valence-corrected chi connectivity index (χ0v) is 12.7. The topological polar surface area (TPSA) is 66.1 Å². The number of pyridine rings is 2. The maximum atomic E-state index is 12.5. The third-order valence-corrected chi connectivity index (χ3v) is 4.35. The lowest BCUT2D eigenvalue weighted by atomic mass is 9.98. The number of esters is 1. The van der Waals surface area contributed by atoms with Gasteiger partial charge in [-0.15, -0.1) is 0 Å². The third kappa shape index (κ3) is 1.57. The maximum absolute atomic E-state index is 12.5. The number of rotatable bonds is 0. The van der Waals surface area contributed by atoms with Crippen LogP contribution in [0.15, 0.2) is 18.2 Å². The van der Waals surface area contributed by atoms with Gasteiger partial charge in [-0.25, -0.2) is 4.79 Å². The Kier molecular flexibility index (Phi) is 2.60. The summed E-state index contributed by atoms with van der Waals surface area (Å²) in [6, 6.07) is 5.04. The van der Waals surface area contributed by atoms with Crippen molar-refractivity contribution < 1.29 is 14.3 Å². The molecule has 0 bridgehead atoms. The van der Waals surface area contributed by atoms with Crippen LogP contribution in [0.2, 0.25) is 5.02 Å². The van der Waals surface area contributed by atoms with Crippen LogP contribution in [0, 0.1) is 19.1 Å². The van der Waals surface area contributed by atoms with E-state index in [9.17, 15) is 10.0 Å². The van der Waals surface area contributed by atoms with Gasteiger partial charge in [0.25, 0.3) is 0 Å². The second kappa shape index (κ2) is 4.30. The van der Waals surface area contributed by atoms with Crippen LogP contribution in [0.4, 0.5) is 0 Å². The lowest BCUT2D eigenvalue weighted by Gasteiger charge is -2.13. The Bertz CT molecular complexity index is 998. The fourth-order valence-corrected chi connectivity index (χ4v) is 3.35. The zero-order valence-electron chi connectivity index (χ0n) is 11.9. The summed E-state index contributed by atoms with van der Waals surface area (Å²) in [5, 5.41) is 15.0. The molecule has 2 aromatic heterocycles. The molecule has 0 atom stereocenters. The highest BCUT2D eigenvalue weighted by Gasteiger charge is 2.30. The molecule has 110 valence electrons. The molecule has 0 saturated carbocycles. The molecule has 22 heavy (non-hydrogen) atoms. The Labute approximate surface area is 130 Å². The molecule has 0 saturated heterocycles. The van der Waals surface area contributed by atoms with E-state index in [0.29, 0.717) is 49.3 Å². The lowest BCUT2D eigenvalue weighted by molar-refractivity contribution is -0.582. The molecule has 0 fully saturated rings. The summed E-state index contributed by atoms with van der Waals surface area (Å²) in [6.45, 7) is 3.72. The largest absolute Gasteiger partial charge is 0.618 e. The molecule has 3 heterocycles. The van der Waals surface area contributed by atoms with Crippen molar-refractivity contribution in [3.8, 4) is 0 Å². The van der Waals surface area contributed by atoms with Crippen LogP contribution in [-0.2, 0) is 11.3 Å². The summed E-state index contributed by atoms with van der Waals surface area (Å²) in [7, 11) is 0. The van der Waals surface area contributed by atoms with Gasteiger partial charge in [0.05, 0.1) is 27.7 Å².